The van der Waals surface area contributed by atoms with Gasteiger partial charge in [-0.2, -0.15) is 5.26 Å². The Morgan fingerprint density at radius 2 is 1.88 bits per heavy atom. The molecule has 0 radical (unpaired) electrons. The molecule has 1 aliphatic heterocycles. The maximum absolute atomic E-state index is 11.6. The Hall–Kier alpha value is -1.36. The van der Waals surface area contributed by atoms with Gasteiger partial charge >= 0.3 is 0 Å². The number of carbonyl (C=O) groups is 1. The molecule has 0 atom stereocenters. The summed E-state index contributed by atoms with van der Waals surface area (Å²) < 4.78 is 1.99. The predicted octanol–water partition coefficient (Wildman–Crippen LogP) is 4.46. The minimum Gasteiger partial charge on any atom is -0.354 e. The van der Waals surface area contributed by atoms with Gasteiger partial charge < -0.3 is 5.32 Å². The summed E-state index contributed by atoms with van der Waals surface area (Å²) in [5.41, 5.74) is 0.581. The van der Waals surface area contributed by atoms with Gasteiger partial charge in [-0.15, -0.1) is 0 Å². The molecule has 1 heterocycles. The van der Waals surface area contributed by atoms with Crippen LogP contribution in [0.4, 0.5) is 0 Å². The Labute approximate surface area is 164 Å². The molecule has 25 heavy (non-hydrogen) atoms. The predicted molar refractivity (Wildman–Crippen MR) is 102 cm³/mol. The van der Waals surface area contributed by atoms with E-state index >= 15 is 0 Å². The van der Waals surface area contributed by atoms with E-state index in [1.165, 1.54) is 23.7 Å². The van der Waals surface area contributed by atoms with Crippen molar-refractivity contribution in [3.05, 3.63) is 52.0 Å². The lowest BCUT2D eigenvalue weighted by Crippen LogP contribution is -2.44. The van der Waals surface area contributed by atoms with E-state index in [2.05, 4.69) is 11.4 Å². The molecule has 1 N–H and O–H groups in total. The van der Waals surface area contributed by atoms with Crippen LogP contribution in [0.25, 0.3) is 0 Å². The van der Waals surface area contributed by atoms with E-state index in [4.69, 9.17) is 23.2 Å². The number of carbonyl (C=O) groups excluding carboxylic acids is 1. The fourth-order valence-corrected chi connectivity index (χ4v) is 5.07. The number of hydrogen-bond donors (Lipinski definition) is 1. The molecule has 0 aromatic heterocycles. The van der Waals surface area contributed by atoms with Gasteiger partial charge in [-0.3, -0.25) is 4.79 Å². The second-order valence-electron chi connectivity index (χ2n) is 5.29. The third-order valence-electron chi connectivity index (χ3n) is 3.37. The van der Waals surface area contributed by atoms with E-state index in [0.29, 0.717) is 28.7 Å². The molecule has 0 bridgehead atoms. The van der Waals surface area contributed by atoms with Crippen LogP contribution < -0.4 is 5.32 Å². The van der Waals surface area contributed by atoms with E-state index in [0.717, 1.165) is 21.2 Å². The number of nitrogens with one attached hydrogen (secondary N) is 1. The largest absolute Gasteiger partial charge is 0.354 e. The number of piperazine rings is 1. The SMILES string of the molecule is N#Cc1ccc(Sc2cc(Cl)cc(Cl)c2)c(SN2CCNC(=O)C2)c1. The van der Waals surface area contributed by atoms with Gasteiger partial charge in [0.2, 0.25) is 5.91 Å². The number of hydrogen-bond acceptors (Lipinski definition) is 5. The summed E-state index contributed by atoms with van der Waals surface area (Å²) in [5.74, 6) is 0.00557. The Morgan fingerprint density at radius 1 is 1.12 bits per heavy atom. The number of amides is 1. The number of nitriles is 1. The molecule has 8 heteroatoms. The topological polar surface area (TPSA) is 56.1 Å². The van der Waals surface area contributed by atoms with Crippen molar-refractivity contribution in [2.24, 2.45) is 0 Å². The van der Waals surface area contributed by atoms with Crippen LogP contribution in [-0.2, 0) is 4.79 Å². The van der Waals surface area contributed by atoms with Crippen LogP contribution in [0.5, 0.6) is 0 Å². The van der Waals surface area contributed by atoms with Crippen LogP contribution in [0.1, 0.15) is 5.56 Å². The molecule has 0 saturated carbocycles. The Balaban J connectivity index is 1.87. The van der Waals surface area contributed by atoms with Crippen molar-refractivity contribution in [1.82, 2.24) is 9.62 Å². The first kappa shape index (κ1) is 18.4. The average molecular weight is 410 g/mol. The Morgan fingerprint density at radius 3 is 2.56 bits per heavy atom. The first-order valence-electron chi connectivity index (χ1n) is 7.41. The maximum Gasteiger partial charge on any atom is 0.235 e. The van der Waals surface area contributed by atoms with Crippen molar-refractivity contribution < 1.29 is 4.79 Å². The highest BCUT2D eigenvalue weighted by atomic mass is 35.5. The van der Waals surface area contributed by atoms with Gasteiger partial charge in [0.05, 0.1) is 18.2 Å². The van der Waals surface area contributed by atoms with E-state index in [9.17, 15) is 10.1 Å². The Kier molecular flexibility index (Phi) is 6.15. The van der Waals surface area contributed by atoms with Crippen molar-refractivity contribution >= 4 is 52.8 Å². The van der Waals surface area contributed by atoms with Crippen LogP contribution in [0.2, 0.25) is 10.0 Å². The number of benzene rings is 2. The van der Waals surface area contributed by atoms with E-state index < -0.39 is 0 Å². The highest BCUT2D eigenvalue weighted by molar-refractivity contribution is 8.01. The normalized spacial score (nSPS) is 14.8. The van der Waals surface area contributed by atoms with Crippen LogP contribution in [0.15, 0.2) is 51.1 Å². The third-order valence-corrected chi connectivity index (χ3v) is 6.08. The summed E-state index contributed by atoms with van der Waals surface area (Å²) in [6.45, 7) is 1.70. The molecular formula is C17H13Cl2N3OS2. The monoisotopic (exact) mass is 409 g/mol. The summed E-state index contributed by atoms with van der Waals surface area (Å²) in [6.07, 6.45) is 0. The zero-order valence-electron chi connectivity index (χ0n) is 13.0. The maximum atomic E-state index is 11.6. The van der Waals surface area contributed by atoms with Crippen molar-refractivity contribution in [2.75, 3.05) is 19.6 Å². The van der Waals surface area contributed by atoms with E-state index in [-0.39, 0.29) is 5.91 Å². The van der Waals surface area contributed by atoms with Crippen molar-refractivity contribution in [3.63, 3.8) is 0 Å². The molecule has 1 amide bonds. The highest BCUT2D eigenvalue weighted by Crippen LogP contribution is 2.39. The lowest BCUT2D eigenvalue weighted by Gasteiger charge is -2.26. The van der Waals surface area contributed by atoms with Crippen molar-refractivity contribution in [2.45, 2.75) is 14.7 Å². The standard InChI is InChI=1S/C17H13Cl2N3OS2/c18-12-6-13(19)8-14(7-12)24-15-2-1-11(9-20)5-16(15)25-22-4-3-21-17(23)10-22/h1-2,5-8H,3-4,10H2,(H,21,23). The molecule has 0 unspecified atom stereocenters. The zero-order valence-corrected chi connectivity index (χ0v) is 16.1. The zero-order chi connectivity index (χ0) is 17.8. The molecule has 0 aliphatic carbocycles. The molecule has 4 nitrogen and oxygen atoms in total. The van der Waals surface area contributed by atoms with Crippen molar-refractivity contribution in [1.29, 1.82) is 5.26 Å². The van der Waals surface area contributed by atoms with Gasteiger partial charge in [0, 0.05) is 37.8 Å². The van der Waals surface area contributed by atoms with Gasteiger partial charge in [-0.1, -0.05) is 35.0 Å². The van der Waals surface area contributed by atoms with Crippen LogP contribution >= 0.6 is 46.9 Å². The molecule has 1 aliphatic rings. The number of nitrogens with zero attached hydrogens (tertiary/aromatic N) is 2. The van der Waals surface area contributed by atoms with E-state index in [1.807, 2.05) is 28.6 Å². The minimum atomic E-state index is 0.00557. The van der Waals surface area contributed by atoms with Gasteiger partial charge in [-0.25, -0.2) is 4.31 Å². The lowest BCUT2D eigenvalue weighted by molar-refractivity contribution is -0.122. The molecular weight excluding hydrogens is 397 g/mol. The summed E-state index contributed by atoms with van der Waals surface area (Å²) in [6, 6.07) is 13.1. The summed E-state index contributed by atoms with van der Waals surface area (Å²) in [7, 11) is 0. The van der Waals surface area contributed by atoms with Gasteiger partial charge in [0.25, 0.3) is 0 Å². The number of rotatable bonds is 4. The van der Waals surface area contributed by atoms with E-state index in [1.54, 1.807) is 12.1 Å². The third kappa shape index (κ3) is 5.06. The summed E-state index contributed by atoms with van der Waals surface area (Å²) >= 11 is 15.2. The van der Waals surface area contributed by atoms with Crippen molar-refractivity contribution in [3.8, 4) is 6.07 Å². The molecule has 2 aromatic rings. The summed E-state index contributed by atoms with van der Waals surface area (Å²) in [4.78, 5) is 14.4. The van der Waals surface area contributed by atoms with Crippen LogP contribution in [0, 0.1) is 11.3 Å². The molecule has 0 spiro atoms. The smallest absolute Gasteiger partial charge is 0.235 e. The average Bonchev–Trinajstić information content (AvgIpc) is 2.55. The lowest BCUT2D eigenvalue weighted by atomic mass is 10.2. The number of halogens is 2. The quantitative estimate of drug-likeness (QED) is 0.755. The molecule has 1 saturated heterocycles. The fourth-order valence-electron chi connectivity index (χ4n) is 2.28. The Bertz CT molecular complexity index is 834. The first-order chi connectivity index (χ1) is 12.0. The van der Waals surface area contributed by atoms with Gasteiger partial charge in [-0.05, 0) is 48.3 Å². The van der Waals surface area contributed by atoms with Gasteiger partial charge in [0.15, 0.2) is 0 Å². The highest BCUT2D eigenvalue weighted by Gasteiger charge is 2.19. The first-order valence-corrected chi connectivity index (χ1v) is 9.76. The second kappa shape index (κ2) is 8.35. The van der Waals surface area contributed by atoms with Gasteiger partial charge in [0.1, 0.15) is 0 Å². The second-order valence-corrected chi connectivity index (χ2v) is 8.41. The minimum absolute atomic E-state index is 0.00557. The molecule has 3 rings (SSSR count). The van der Waals surface area contributed by atoms with Crippen LogP contribution in [0.3, 0.4) is 0 Å². The summed E-state index contributed by atoms with van der Waals surface area (Å²) in [5, 5.41) is 13.1. The fraction of sp³-hybridized carbons (Fsp3) is 0.176. The molecule has 1 fully saturated rings. The molecule has 128 valence electrons. The van der Waals surface area contributed by atoms with Crippen LogP contribution in [-0.4, -0.2) is 29.8 Å². The molecule has 2 aromatic carbocycles.